The molecule has 7 heteroatoms. The van der Waals surface area contributed by atoms with Crippen LogP contribution in [0.4, 0.5) is 0 Å². The zero-order valence-corrected chi connectivity index (χ0v) is 21.2. The van der Waals surface area contributed by atoms with Gasteiger partial charge in [-0.25, -0.2) is 0 Å². The molecule has 1 rings (SSSR count). The van der Waals surface area contributed by atoms with Crippen LogP contribution in [-0.2, 0) is 19.2 Å². The smallest absolute Gasteiger partial charge is 0.312 e. The van der Waals surface area contributed by atoms with E-state index in [1.165, 1.54) is 0 Å². The molecule has 7 nitrogen and oxygen atoms in total. The van der Waals surface area contributed by atoms with Crippen LogP contribution < -0.4 is 0 Å². The quantitative estimate of drug-likeness (QED) is 0.527. The summed E-state index contributed by atoms with van der Waals surface area (Å²) in [7, 11) is 0. The van der Waals surface area contributed by atoms with Gasteiger partial charge < -0.3 is 14.9 Å². The number of carbonyl (C=O) groups excluding carboxylic acids is 2. The molecule has 1 aliphatic rings. The van der Waals surface area contributed by atoms with E-state index >= 15 is 0 Å². The third kappa shape index (κ3) is 5.86. The van der Waals surface area contributed by atoms with Gasteiger partial charge in [-0.1, -0.05) is 41.5 Å². The fraction of sp³-hybridized carbons (Fsp3) is 0.917. The van der Waals surface area contributed by atoms with Gasteiger partial charge >= 0.3 is 5.97 Å². The first-order chi connectivity index (χ1) is 14.0. The number of rotatable bonds is 9. The summed E-state index contributed by atoms with van der Waals surface area (Å²) in [5, 5.41) is 20.6. The van der Waals surface area contributed by atoms with Crippen LogP contribution >= 0.6 is 0 Å². The van der Waals surface area contributed by atoms with E-state index < -0.39 is 46.7 Å². The number of aliphatic hydroxyl groups is 2. The van der Waals surface area contributed by atoms with E-state index in [-0.39, 0.29) is 18.3 Å². The minimum absolute atomic E-state index is 0.201. The van der Waals surface area contributed by atoms with E-state index in [2.05, 4.69) is 20.8 Å². The Morgan fingerprint density at radius 2 is 1.74 bits per heavy atom. The maximum Gasteiger partial charge on any atom is 0.312 e. The number of Topliss-reactive ketones (excluding diaryl/α,β-unsaturated/α-hetero) is 1. The number of ketones is 1. The van der Waals surface area contributed by atoms with Crippen LogP contribution in [0, 0.1) is 17.3 Å². The minimum Gasteiger partial charge on any atom is -0.463 e. The van der Waals surface area contributed by atoms with E-state index in [4.69, 9.17) is 14.7 Å². The molecule has 0 spiro atoms. The van der Waals surface area contributed by atoms with Crippen molar-refractivity contribution in [3.8, 4) is 0 Å². The van der Waals surface area contributed by atoms with Gasteiger partial charge in [0, 0.05) is 12.3 Å². The molecule has 2 N–H and O–H groups in total. The van der Waals surface area contributed by atoms with E-state index in [1.54, 1.807) is 0 Å². The highest BCUT2D eigenvalue weighted by atomic mass is 16.7. The van der Waals surface area contributed by atoms with Crippen molar-refractivity contribution in [1.29, 1.82) is 0 Å². The Balaban J connectivity index is 3.36. The highest BCUT2D eigenvalue weighted by Crippen LogP contribution is 2.47. The summed E-state index contributed by atoms with van der Waals surface area (Å²) in [5.41, 5.74) is -2.46. The predicted octanol–water partition coefficient (Wildman–Crippen LogP) is 3.50. The zero-order chi connectivity index (χ0) is 24.4. The highest BCUT2D eigenvalue weighted by molar-refractivity contribution is 5.84. The molecular weight excluding hydrogens is 398 g/mol. The van der Waals surface area contributed by atoms with Gasteiger partial charge in [-0.05, 0) is 46.0 Å². The number of aliphatic hydroxyl groups excluding tert-OH is 2. The minimum atomic E-state index is -1.12. The van der Waals surface area contributed by atoms with Crippen molar-refractivity contribution in [2.45, 2.75) is 111 Å². The van der Waals surface area contributed by atoms with Crippen LogP contribution in [0.2, 0.25) is 0 Å². The molecule has 0 aliphatic carbocycles. The molecule has 0 saturated carbocycles. The summed E-state index contributed by atoms with van der Waals surface area (Å²) < 4.78 is 5.35. The molecule has 5 atom stereocenters. The Hall–Kier alpha value is -1.02. The van der Waals surface area contributed by atoms with Gasteiger partial charge in [0.15, 0.2) is 0 Å². The van der Waals surface area contributed by atoms with Gasteiger partial charge in [0.25, 0.3) is 0 Å². The molecule has 31 heavy (non-hydrogen) atoms. The number of hydrogen-bond donors (Lipinski definition) is 2. The normalized spacial score (nSPS) is 30.2. The molecule has 1 saturated heterocycles. The van der Waals surface area contributed by atoms with Gasteiger partial charge in [-0.3, -0.25) is 14.4 Å². The van der Waals surface area contributed by atoms with Crippen LogP contribution in [0.1, 0.15) is 88.5 Å². The standard InChI is InChI=1S/C24H45NO6/c1-11-23(9)13-18(28)16(3)24(10,12-2)25(23)31-22(7,8)19(21(4,5)6)20(29)30-15-17(27)14-26/h16-17,19,26-27H,11-15H2,1-10H3. The molecule has 5 unspecified atom stereocenters. The zero-order valence-electron chi connectivity index (χ0n) is 21.2. The van der Waals surface area contributed by atoms with E-state index in [9.17, 15) is 14.7 Å². The largest absolute Gasteiger partial charge is 0.463 e. The lowest BCUT2D eigenvalue weighted by molar-refractivity contribution is -0.351. The summed E-state index contributed by atoms with van der Waals surface area (Å²) >= 11 is 0. The number of carbonyl (C=O) groups is 2. The first kappa shape index (κ1) is 28.0. The maximum atomic E-state index is 13.1. The summed E-state index contributed by atoms with van der Waals surface area (Å²) in [6.45, 7) is 19.0. The van der Waals surface area contributed by atoms with E-state index in [1.807, 2.05) is 53.5 Å². The summed E-state index contributed by atoms with van der Waals surface area (Å²) in [6.07, 6.45) is 0.724. The second kappa shape index (κ2) is 9.86. The third-order valence-corrected chi connectivity index (χ3v) is 7.15. The number of hydrogen-bond acceptors (Lipinski definition) is 7. The second-order valence-electron chi connectivity index (χ2n) is 11.2. The van der Waals surface area contributed by atoms with Crippen molar-refractivity contribution < 1.29 is 29.4 Å². The van der Waals surface area contributed by atoms with Gasteiger partial charge in [-0.15, -0.1) is 0 Å². The summed E-state index contributed by atoms with van der Waals surface area (Å²) in [6, 6.07) is 0. The Morgan fingerprint density at radius 3 is 2.16 bits per heavy atom. The lowest BCUT2D eigenvalue weighted by Crippen LogP contribution is -2.69. The van der Waals surface area contributed by atoms with Crippen molar-refractivity contribution in [1.82, 2.24) is 5.06 Å². The van der Waals surface area contributed by atoms with Crippen LogP contribution in [0.15, 0.2) is 0 Å². The average Bonchev–Trinajstić information content (AvgIpc) is 2.66. The fourth-order valence-electron chi connectivity index (χ4n) is 4.95. The van der Waals surface area contributed by atoms with Crippen LogP contribution in [0.5, 0.6) is 0 Å². The van der Waals surface area contributed by atoms with Crippen molar-refractivity contribution in [3.63, 3.8) is 0 Å². The Labute approximate surface area is 188 Å². The Kier molecular flexibility index (Phi) is 8.91. The Morgan fingerprint density at radius 1 is 1.19 bits per heavy atom. The molecule has 0 radical (unpaired) electrons. The van der Waals surface area contributed by atoms with E-state index in [0.29, 0.717) is 6.42 Å². The van der Waals surface area contributed by atoms with Crippen LogP contribution in [-0.4, -0.2) is 63.0 Å². The second-order valence-corrected chi connectivity index (χ2v) is 11.2. The number of hydroxylamine groups is 2. The number of piperidine rings is 1. The SMILES string of the molecule is CCC1(C)CC(=O)C(C)C(C)(CC)N1OC(C)(C)C(C(=O)OCC(O)CO)C(C)(C)C. The highest BCUT2D eigenvalue weighted by Gasteiger charge is 2.57. The molecular formula is C24H45NO6. The molecule has 0 bridgehead atoms. The molecule has 0 aromatic rings. The molecule has 0 amide bonds. The Bertz CT molecular complexity index is 642. The molecule has 1 aliphatic heterocycles. The molecule has 0 aromatic heterocycles. The van der Waals surface area contributed by atoms with Crippen molar-refractivity contribution in [2.24, 2.45) is 17.3 Å². The predicted molar refractivity (Wildman–Crippen MR) is 120 cm³/mol. The summed E-state index contributed by atoms with van der Waals surface area (Å²) in [4.78, 5) is 32.7. The van der Waals surface area contributed by atoms with E-state index in [0.717, 1.165) is 12.8 Å². The molecule has 182 valence electrons. The fourth-order valence-corrected chi connectivity index (χ4v) is 4.95. The van der Waals surface area contributed by atoms with Crippen LogP contribution in [0.3, 0.4) is 0 Å². The lowest BCUT2D eigenvalue weighted by Gasteiger charge is -2.58. The lowest BCUT2D eigenvalue weighted by atomic mass is 9.69. The number of esters is 1. The number of ether oxygens (including phenoxy) is 1. The van der Waals surface area contributed by atoms with Gasteiger partial charge in [0.1, 0.15) is 18.5 Å². The third-order valence-electron chi connectivity index (χ3n) is 7.15. The monoisotopic (exact) mass is 443 g/mol. The maximum absolute atomic E-state index is 13.1. The number of nitrogens with zero attached hydrogens (tertiary/aromatic N) is 1. The molecule has 0 aromatic carbocycles. The van der Waals surface area contributed by atoms with Gasteiger partial charge in [-0.2, -0.15) is 5.06 Å². The van der Waals surface area contributed by atoms with Gasteiger partial charge in [0.05, 0.1) is 29.2 Å². The van der Waals surface area contributed by atoms with Gasteiger partial charge in [0.2, 0.25) is 0 Å². The first-order valence-corrected chi connectivity index (χ1v) is 11.5. The molecule has 1 fully saturated rings. The topological polar surface area (TPSA) is 96.3 Å². The molecule has 1 heterocycles. The van der Waals surface area contributed by atoms with Crippen molar-refractivity contribution in [3.05, 3.63) is 0 Å². The summed E-state index contributed by atoms with van der Waals surface area (Å²) in [5.74, 6) is -1.10. The first-order valence-electron chi connectivity index (χ1n) is 11.5. The van der Waals surface area contributed by atoms with Crippen LogP contribution in [0.25, 0.3) is 0 Å². The van der Waals surface area contributed by atoms with Crippen molar-refractivity contribution in [2.75, 3.05) is 13.2 Å². The average molecular weight is 444 g/mol. The van der Waals surface area contributed by atoms with Crippen molar-refractivity contribution >= 4 is 11.8 Å².